The number of benzene rings is 2. The van der Waals surface area contributed by atoms with Crippen molar-refractivity contribution in [3.63, 3.8) is 0 Å². The molecule has 0 unspecified atom stereocenters. The van der Waals surface area contributed by atoms with Crippen molar-refractivity contribution in [2.45, 2.75) is 13.0 Å². The van der Waals surface area contributed by atoms with Crippen molar-refractivity contribution in [2.24, 2.45) is 0 Å². The van der Waals surface area contributed by atoms with Gasteiger partial charge in [0.05, 0.1) is 5.52 Å². The van der Waals surface area contributed by atoms with Crippen molar-refractivity contribution >= 4 is 16.6 Å². The molecular weight excluding hydrogens is 248 g/mol. The molecule has 0 amide bonds. The molecule has 3 aromatic rings. The van der Waals surface area contributed by atoms with E-state index >= 15 is 0 Å². The lowest BCUT2D eigenvalue weighted by Crippen LogP contribution is -2.09. The third-order valence-electron chi connectivity index (χ3n) is 3.51. The van der Waals surface area contributed by atoms with Gasteiger partial charge < -0.3 is 10.3 Å². The number of pyridine rings is 1. The first-order chi connectivity index (χ1) is 9.74. The predicted molar refractivity (Wildman–Crippen MR) is 82.8 cm³/mol. The van der Waals surface area contributed by atoms with Gasteiger partial charge in [-0.25, -0.2) is 0 Å². The highest BCUT2D eigenvalue weighted by atomic mass is 16.1. The maximum Gasteiger partial charge on any atom is 0.189 e. The summed E-state index contributed by atoms with van der Waals surface area (Å²) in [6.07, 6.45) is 2.77. The molecule has 2 N–H and O–H groups in total. The molecule has 0 saturated heterocycles. The van der Waals surface area contributed by atoms with E-state index in [1.54, 1.807) is 6.07 Å². The van der Waals surface area contributed by atoms with Crippen LogP contribution in [0, 0.1) is 0 Å². The second-order valence-corrected chi connectivity index (χ2v) is 4.88. The van der Waals surface area contributed by atoms with Gasteiger partial charge in [-0.1, -0.05) is 24.3 Å². The lowest BCUT2D eigenvalue weighted by molar-refractivity contribution is 0.716. The first kappa shape index (κ1) is 12.5. The van der Waals surface area contributed by atoms with Crippen LogP contribution in [-0.4, -0.2) is 4.57 Å². The van der Waals surface area contributed by atoms with E-state index in [0.29, 0.717) is 0 Å². The fraction of sp³-hybridized carbons (Fsp3) is 0.118. The molecule has 0 bridgehead atoms. The minimum atomic E-state index is 0.0735. The number of para-hydroxylation sites is 1. The van der Waals surface area contributed by atoms with E-state index in [1.165, 1.54) is 5.56 Å². The van der Waals surface area contributed by atoms with Gasteiger partial charge in [-0.05, 0) is 36.2 Å². The number of hydrogen-bond acceptors (Lipinski definition) is 2. The molecule has 2 aromatic carbocycles. The topological polar surface area (TPSA) is 48.0 Å². The molecule has 3 rings (SSSR count). The van der Waals surface area contributed by atoms with Gasteiger partial charge in [0.25, 0.3) is 0 Å². The van der Waals surface area contributed by atoms with E-state index in [2.05, 4.69) is 4.57 Å². The molecule has 0 aliphatic carbocycles. The lowest BCUT2D eigenvalue weighted by atomic mass is 10.1. The molecule has 1 heterocycles. The summed E-state index contributed by atoms with van der Waals surface area (Å²) in [6.45, 7) is 0.838. The number of aryl methyl sites for hydroxylation is 2. The predicted octanol–water partition coefficient (Wildman–Crippen LogP) is 2.83. The summed E-state index contributed by atoms with van der Waals surface area (Å²) < 4.78 is 2.12. The van der Waals surface area contributed by atoms with Crippen LogP contribution < -0.4 is 11.2 Å². The van der Waals surface area contributed by atoms with Crippen molar-refractivity contribution in [3.05, 3.63) is 76.6 Å². The molecule has 3 nitrogen and oxygen atoms in total. The first-order valence-electron chi connectivity index (χ1n) is 6.67. The minimum Gasteiger partial charge on any atom is -0.399 e. The molecule has 100 valence electrons. The summed E-state index contributed by atoms with van der Waals surface area (Å²) in [4.78, 5) is 11.8. The quantitative estimate of drug-likeness (QED) is 0.739. The molecule has 0 fully saturated rings. The van der Waals surface area contributed by atoms with Crippen LogP contribution in [-0.2, 0) is 13.0 Å². The highest BCUT2D eigenvalue weighted by Crippen LogP contribution is 2.12. The Bertz CT molecular complexity index is 788. The van der Waals surface area contributed by atoms with Crippen LogP contribution in [0.4, 0.5) is 5.69 Å². The zero-order valence-electron chi connectivity index (χ0n) is 11.1. The van der Waals surface area contributed by atoms with Crippen LogP contribution in [0.1, 0.15) is 5.56 Å². The maximum atomic E-state index is 11.8. The summed E-state index contributed by atoms with van der Waals surface area (Å²) in [5, 5.41) is 0.771. The Morgan fingerprint density at radius 1 is 0.950 bits per heavy atom. The SMILES string of the molecule is Nc1ccc(CCn2ccc(=O)c3ccccc32)cc1. The van der Waals surface area contributed by atoms with Crippen LogP contribution in [0.3, 0.4) is 0 Å². The number of aromatic nitrogens is 1. The zero-order valence-corrected chi connectivity index (χ0v) is 11.1. The summed E-state index contributed by atoms with van der Waals surface area (Å²) >= 11 is 0. The van der Waals surface area contributed by atoms with Crippen molar-refractivity contribution < 1.29 is 0 Å². The highest BCUT2D eigenvalue weighted by molar-refractivity contribution is 5.78. The smallest absolute Gasteiger partial charge is 0.189 e. The standard InChI is InChI=1S/C17H16N2O/c18-14-7-5-13(6-8-14)9-11-19-12-10-17(20)15-3-1-2-4-16(15)19/h1-8,10,12H,9,11,18H2. The van der Waals surface area contributed by atoms with E-state index in [0.717, 1.165) is 29.6 Å². The van der Waals surface area contributed by atoms with Gasteiger partial charge in [0, 0.05) is 29.9 Å². The lowest BCUT2D eigenvalue weighted by Gasteiger charge is -2.10. The molecule has 0 saturated carbocycles. The van der Waals surface area contributed by atoms with Gasteiger partial charge in [-0.15, -0.1) is 0 Å². The summed E-state index contributed by atoms with van der Waals surface area (Å²) in [6, 6.07) is 17.3. The number of fused-ring (bicyclic) bond motifs is 1. The van der Waals surface area contributed by atoms with Crippen molar-refractivity contribution in [2.75, 3.05) is 5.73 Å². The van der Waals surface area contributed by atoms with E-state index < -0.39 is 0 Å². The minimum absolute atomic E-state index is 0.0735. The fourth-order valence-electron chi connectivity index (χ4n) is 2.39. The van der Waals surface area contributed by atoms with Gasteiger partial charge in [0.2, 0.25) is 0 Å². The van der Waals surface area contributed by atoms with Gasteiger partial charge >= 0.3 is 0 Å². The van der Waals surface area contributed by atoms with E-state index in [-0.39, 0.29) is 5.43 Å². The highest BCUT2D eigenvalue weighted by Gasteiger charge is 2.02. The first-order valence-corrected chi connectivity index (χ1v) is 6.67. The Morgan fingerprint density at radius 3 is 2.50 bits per heavy atom. The Balaban J connectivity index is 1.90. The van der Waals surface area contributed by atoms with E-state index in [9.17, 15) is 4.79 Å². The van der Waals surface area contributed by atoms with Crippen LogP contribution in [0.5, 0.6) is 0 Å². The largest absolute Gasteiger partial charge is 0.399 e. The van der Waals surface area contributed by atoms with Crippen molar-refractivity contribution in [1.29, 1.82) is 0 Å². The molecule has 0 atom stereocenters. The molecule has 3 heteroatoms. The average Bonchev–Trinajstić information content (AvgIpc) is 2.49. The molecule has 0 aliphatic rings. The molecular formula is C17H16N2O. The number of anilines is 1. The molecule has 0 radical (unpaired) electrons. The summed E-state index contributed by atoms with van der Waals surface area (Å²) in [5.41, 5.74) is 8.76. The summed E-state index contributed by atoms with van der Waals surface area (Å²) in [7, 11) is 0. The second kappa shape index (κ2) is 5.21. The Hall–Kier alpha value is -2.55. The number of hydrogen-bond donors (Lipinski definition) is 1. The van der Waals surface area contributed by atoms with Gasteiger partial charge in [-0.2, -0.15) is 0 Å². The molecule has 0 spiro atoms. The monoisotopic (exact) mass is 264 g/mol. The van der Waals surface area contributed by atoms with E-state index in [1.807, 2.05) is 54.7 Å². The van der Waals surface area contributed by atoms with Crippen LogP contribution >= 0.6 is 0 Å². The van der Waals surface area contributed by atoms with Gasteiger partial charge in [0.1, 0.15) is 0 Å². The molecule has 20 heavy (non-hydrogen) atoms. The Kier molecular flexibility index (Phi) is 3.25. The number of nitrogens with zero attached hydrogens (tertiary/aromatic N) is 1. The van der Waals surface area contributed by atoms with Crippen LogP contribution in [0.2, 0.25) is 0 Å². The zero-order chi connectivity index (χ0) is 13.9. The van der Waals surface area contributed by atoms with Crippen LogP contribution in [0.25, 0.3) is 10.9 Å². The third kappa shape index (κ3) is 2.43. The summed E-state index contributed by atoms with van der Waals surface area (Å²) in [5.74, 6) is 0. The molecule has 0 aliphatic heterocycles. The van der Waals surface area contributed by atoms with E-state index in [4.69, 9.17) is 5.73 Å². The Labute approximate surface area is 117 Å². The van der Waals surface area contributed by atoms with Gasteiger partial charge in [-0.3, -0.25) is 4.79 Å². The van der Waals surface area contributed by atoms with Crippen molar-refractivity contribution in [3.8, 4) is 0 Å². The Morgan fingerprint density at radius 2 is 1.70 bits per heavy atom. The third-order valence-corrected chi connectivity index (χ3v) is 3.51. The second-order valence-electron chi connectivity index (χ2n) is 4.88. The van der Waals surface area contributed by atoms with Crippen molar-refractivity contribution in [1.82, 2.24) is 4.57 Å². The normalized spacial score (nSPS) is 10.8. The number of rotatable bonds is 3. The average molecular weight is 264 g/mol. The number of nitrogen functional groups attached to an aromatic ring is 1. The van der Waals surface area contributed by atoms with Gasteiger partial charge in [0.15, 0.2) is 5.43 Å². The maximum absolute atomic E-state index is 11.8. The molecule has 1 aromatic heterocycles. The van der Waals surface area contributed by atoms with Crippen LogP contribution in [0.15, 0.2) is 65.6 Å². The fourth-order valence-corrected chi connectivity index (χ4v) is 2.39. The number of nitrogens with two attached hydrogens (primary N) is 1.